The molecule has 172 valence electrons. The van der Waals surface area contributed by atoms with Gasteiger partial charge >= 0.3 is 5.97 Å². The van der Waals surface area contributed by atoms with Crippen molar-refractivity contribution in [2.75, 3.05) is 12.0 Å². The second kappa shape index (κ2) is 8.45. The van der Waals surface area contributed by atoms with E-state index in [1.54, 1.807) is 36.1 Å². The molecule has 0 aromatic heterocycles. The van der Waals surface area contributed by atoms with Gasteiger partial charge < -0.3 is 15.0 Å². The number of nitrogens with one attached hydrogen (secondary N) is 1. The summed E-state index contributed by atoms with van der Waals surface area (Å²) in [6.45, 7) is 1.77. The van der Waals surface area contributed by atoms with Crippen LogP contribution >= 0.6 is 0 Å². The Kier molecular flexibility index (Phi) is 5.44. The van der Waals surface area contributed by atoms with Crippen LogP contribution in [0.2, 0.25) is 0 Å². The number of carbonyl (C=O) groups is 3. The lowest BCUT2D eigenvalue weighted by Crippen LogP contribution is -2.65. The van der Waals surface area contributed by atoms with Crippen molar-refractivity contribution in [3.8, 4) is 0 Å². The number of fused-ring (bicyclic) bond motifs is 1. The van der Waals surface area contributed by atoms with Gasteiger partial charge in [0.2, 0.25) is 0 Å². The maximum Gasteiger partial charge on any atom is 0.311 e. The molecule has 0 bridgehead atoms. The van der Waals surface area contributed by atoms with E-state index >= 15 is 0 Å². The Labute approximate surface area is 198 Å². The van der Waals surface area contributed by atoms with Gasteiger partial charge in [-0.3, -0.25) is 14.4 Å². The number of para-hydroxylation sites is 1. The van der Waals surface area contributed by atoms with E-state index in [4.69, 9.17) is 4.74 Å². The summed E-state index contributed by atoms with van der Waals surface area (Å²) in [6.07, 6.45) is 0. The van der Waals surface area contributed by atoms with Gasteiger partial charge in [0.25, 0.3) is 11.8 Å². The molecule has 0 unspecified atom stereocenters. The van der Waals surface area contributed by atoms with Crippen molar-refractivity contribution in [2.45, 2.75) is 24.4 Å². The number of anilines is 1. The minimum atomic E-state index is -1.28. The van der Waals surface area contributed by atoms with Gasteiger partial charge in [0, 0.05) is 23.1 Å². The van der Waals surface area contributed by atoms with E-state index in [0.717, 1.165) is 5.56 Å². The van der Waals surface area contributed by atoms with E-state index in [2.05, 4.69) is 5.32 Å². The Morgan fingerprint density at radius 1 is 0.882 bits per heavy atom. The zero-order chi connectivity index (χ0) is 23.9. The monoisotopic (exact) mass is 454 g/mol. The van der Waals surface area contributed by atoms with E-state index in [-0.39, 0.29) is 29.7 Å². The highest BCUT2D eigenvalue weighted by atomic mass is 16.5. The summed E-state index contributed by atoms with van der Waals surface area (Å²) in [5, 5.41) is 3.06. The summed E-state index contributed by atoms with van der Waals surface area (Å²) < 4.78 is 5.12. The molecule has 1 N–H and O–H groups in total. The third-order valence-electron chi connectivity index (χ3n) is 7.08. The Morgan fingerprint density at radius 2 is 1.44 bits per heavy atom. The first-order valence-corrected chi connectivity index (χ1v) is 11.4. The highest BCUT2D eigenvalue weighted by molar-refractivity contribution is 6.08. The number of nitrogens with zero attached hydrogens (tertiary/aromatic N) is 1. The van der Waals surface area contributed by atoms with Gasteiger partial charge in [0.05, 0.1) is 19.1 Å². The fourth-order valence-corrected chi connectivity index (χ4v) is 5.51. The third-order valence-corrected chi connectivity index (χ3v) is 7.08. The van der Waals surface area contributed by atoms with E-state index in [1.165, 1.54) is 7.11 Å². The molecule has 3 aromatic rings. The summed E-state index contributed by atoms with van der Waals surface area (Å²) >= 11 is 0. The van der Waals surface area contributed by atoms with Gasteiger partial charge in [-0.05, 0) is 36.8 Å². The first-order valence-electron chi connectivity index (χ1n) is 11.4. The van der Waals surface area contributed by atoms with Crippen molar-refractivity contribution in [3.05, 3.63) is 102 Å². The van der Waals surface area contributed by atoms with Crippen LogP contribution in [0.25, 0.3) is 0 Å². The van der Waals surface area contributed by atoms with Crippen LogP contribution < -0.4 is 10.2 Å². The molecule has 1 saturated carbocycles. The van der Waals surface area contributed by atoms with Crippen LogP contribution in [0, 0.1) is 11.8 Å². The van der Waals surface area contributed by atoms with Crippen LogP contribution in [-0.2, 0) is 14.3 Å². The molecule has 6 heteroatoms. The highest BCUT2D eigenvalue weighted by Gasteiger charge is 2.72. The Hall–Kier alpha value is -3.93. The lowest BCUT2D eigenvalue weighted by Gasteiger charge is -2.45. The number of esters is 1. The second-order valence-electron chi connectivity index (χ2n) is 9.04. The first kappa shape index (κ1) is 21.9. The maximum atomic E-state index is 14.3. The number of hydrogen-bond acceptors (Lipinski definition) is 4. The van der Waals surface area contributed by atoms with Crippen LogP contribution in [0.3, 0.4) is 0 Å². The van der Waals surface area contributed by atoms with Gasteiger partial charge in [-0.25, -0.2) is 0 Å². The zero-order valence-electron chi connectivity index (χ0n) is 19.0. The summed E-state index contributed by atoms with van der Waals surface area (Å²) in [6, 6.07) is 27.4. The molecule has 2 aliphatic rings. The topological polar surface area (TPSA) is 75.7 Å². The molecule has 5 atom stereocenters. The van der Waals surface area contributed by atoms with Gasteiger partial charge in [0.15, 0.2) is 0 Å². The molecule has 3 aromatic carbocycles. The first-order chi connectivity index (χ1) is 16.5. The Bertz CT molecular complexity index is 1210. The molecule has 5 rings (SSSR count). The maximum absolute atomic E-state index is 14.3. The van der Waals surface area contributed by atoms with Gasteiger partial charge in [0.1, 0.15) is 5.54 Å². The number of hydrogen-bond donors (Lipinski definition) is 1. The van der Waals surface area contributed by atoms with Crippen LogP contribution in [0.15, 0.2) is 91.0 Å². The highest BCUT2D eigenvalue weighted by Crippen LogP contribution is 2.60. The molecule has 1 aliphatic heterocycles. The lowest BCUT2D eigenvalue weighted by molar-refractivity contribution is -0.142. The van der Waals surface area contributed by atoms with Crippen LogP contribution in [-0.4, -0.2) is 36.5 Å². The molecule has 1 saturated heterocycles. The average Bonchev–Trinajstić information content (AvgIpc) is 3.59. The normalized spacial score (nSPS) is 27.5. The molecule has 6 nitrogen and oxygen atoms in total. The minimum absolute atomic E-state index is 0.200. The van der Waals surface area contributed by atoms with Crippen molar-refractivity contribution in [1.29, 1.82) is 0 Å². The summed E-state index contributed by atoms with van der Waals surface area (Å²) in [7, 11) is 1.37. The molecule has 34 heavy (non-hydrogen) atoms. The lowest BCUT2D eigenvalue weighted by atomic mass is 9.73. The summed E-state index contributed by atoms with van der Waals surface area (Å²) in [4.78, 5) is 42.0. The average molecular weight is 455 g/mol. The predicted octanol–water partition coefficient (Wildman–Crippen LogP) is 3.79. The number of piperidine rings is 1. The third kappa shape index (κ3) is 3.46. The number of rotatable bonds is 5. The number of ether oxygens (including phenoxy) is 1. The summed E-state index contributed by atoms with van der Waals surface area (Å²) in [5.41, 5.74) is 0.784. The van der Waals surface area contributed by atoms with E-state index in [9.17, 15) is 14.4 Å². The fraction of sp³-hybridized carbons (Fsp3) is 0.250. The van der Waals surface area contributed by atoms with Crippen molar-refractivity contribution >= 4 is 23.5 Å². The molecule has 1 heterocycles. The molecule has 1 aliphatic carbocycles. The molecular weight excluding hydrogens is 428 g/mol. The van der Waals surface area contributed by atoms with Crippen molar-refractivity contribution < 1.29 is 19.1 Å². The van der Waals surface area contributed by atoms with Crippen molar-refractivity contribution in [2.24, 2.45) is 11.8 Å². The molecule has 0 spiro atoms. The van der Waals surface area contributed by atoms with Gasteiger partial charge in [-0.2, -0.15) is 0 Å². The standard InChI is InChI=1S/C28H26N2O4/c1-28(29-25(31)19-14-8-4-9-15-19)23(18-12-6-3-7-13-18)21-22(26(32)34-2)24(21)30(27(28)33)20-16-10-5-11-17-20/h3-17,21-24H,1-2H3,(H,29,31)/t21-,22-,23+,24+,28-/m1/s1. The van der Waals surface area contributed by atoms with Crippen LogP contribution in [0.1, 0.15) is 28.8 Å². The quantitative estimate of drug-likeness (QED) is 0.595. The second-order valence-corrected chi connectivity index (χ2v) is 9.04. The Balaban J connectivity index is 1.64. The van der Waals surface area contributed by atoms with Crippen LogP contribution in [0.5, 0.6) is 0 Å². The van der Waals surface area contributed by atoms with Gasteiger partial charge in [-0.15, -0.1) is 0 Å². The Morgan fingerprint density at radius 3 is 2.03 bits per heavy atom. The van der Waals surface area contributed by atoms with Crippen molar-refractivity contribution in [1.82, 2.24) is 5.32 Å². The van der Waals surface area contributed by atoms with E-state index in [0.29, 0.717) is 11.3 Å². The van der Waals surface area contributed by atoms with Crippen LogP contribution in [0.4, 0.5) is 5.69 Å². The molecule has 2 fully saturated rings. The van der Waals surface area contributed by atoms with E-state index in [1.807, 2.05) is 66.7 Å². The number of methoxy groups -OCH3 is 1. The zero-order valence-corrected chi connectivity index (χ0v) is 19.0. The molecular formula is C28H26N2O4. The summed E-state index contributed by atoms with van der Waals surface area (Å²) in [5.74, 6) is -2.00. The number of amides is 2. The predicted molar refractivity (Wildman–Crippen MR) is 128 cm³/mol. The smallest absolute Gasteiger partial charge is 0.311 e. The molecule has 2 amide bonds. The van der Waals surface area contributed by atoms with Crippen molar-refractivity contribution in [3.63, 3.8) is 0 Å². The molecule has 0 radical (unpaired) electrons. The fourth-order valence-electron chi connectivity index (χ4n) is 5.51. The SMILES string of the molecule is COC(=O)[C@@H]1[C@H]2[C@@H]1N(c1ccccc1)C(=O)[C@](C)(NC(=O)c1ccccc1)[C@H]2c1ccccc1. The number of benzene rings is 3. The minimum Gasteiger partial charge on any atom is -0.469 e. The largest absolute Gasteiger partial charge is 0.469 e. The number of carbonyl (C=O) groups excluding carboxylic acids is 3. The van der Waals surface area contributed by atoms with E-state index < -0.39 is 17.4 Å². The van der Waals surface area contributed by atoms with Gasteiger partial charge in [-0.1, -0.05) is 66.7 Å².